The van der Waals surface area contributed by atoms with E-state index in [-0.39, 0.29) is 0 Å². The summed E-state index contributed by atoms with van der Waals surface area (Å²) in [5, 5.41) is 0. The molecule has 1 aliphatic heterocycles. The third kappa shape index (κ3) is 1.34. The van der Waals surface area contributed by atoms with E-state index in [0.717, 1.165) is 13.0 Å². The first kappa shape index (κ1) is 10.3. The second-order valence-electron chi connectivity index (χ2n) is 5.45. The van der Waals surface area contributed by atoms with Gasteiger partial charge in [-0.25, -0.2) is 4.98 Å². The van der Waals surface area contributed by atoms with E-state index in [2.05, 4.69) is 18.4 Å². The van der Waals surface area contributed by atoms with E-state index in [1.54, 1.807) is 0 Å². The zero-order chi connectivity index (χ0) is 11.3. The summed E-state index contributed by atoms with van der Waals surface area (Å²) >= 11 is 0. The standard InChI is InChI=1S/C13H21N3/c1-3-9-4-5-11-12(9)15-13-8(2)6-10(14)7-16(11)13/h8-10H,3-7,14H2,1-2H3. The molecule has 0 bridgehead atoms. The van der Waals surface area contributed by atoms with Gasteiger partial charge < -0.3 is 10.3 Å². The molecule has 0 saturated heterocycles. The molecule has 2 N–H and O–H groups in total. The summed E-state index contributed by atoms with van der Waals surface area (Å²) in [6.07, 6.45) is 4.81. The predicted molar refractivity (Wildman–Crippen MR) is 64.6 cm³/mol. The monoisotopic (exact) mass is 219 g/mol. The van der Waals surface area contributed by atoms with Crippen LogP contribution in [0.3, 0.4) is 0 Å². The van der Waals surface area contributed by atoms with Gasteiger partial charge in [0.05, 0.1) is 5.69 Å². The van der Waals surface area contributed by atoms with Crippen LogP contribution in [0.15, 0.2) is 0 Å². The van der Waals surface area contributed by atoms with Crippen molar-refractivity contribution in [2.45, 2.75) is 64.0 Å². The van der Waals surface area contributed by atoms with Crippen LogP contribution in [0.4, 0.5) is 0 Å². The molecular formula is C13H21N3. The van der Waals surface area contributed by atoms with Gasteiger partial charge in [0.1, 0.15) is 5.82 Å². The fourth-order valence-corrected chi connectivity index (χ4v) is 3.41. The summed E-state index contributed by atoms with van der Waals surface area (Å²) in [5.74, 6) is 2.54. The average molecular weight is 219 g/mol. The molecule has 88 valence electrons. The van der Waals surface area contributed by atoms with Gasteiger partial charge in [-0.1, -0.05) is 13.8 Å². The highest BCUT2D eigenvalue weighted by atomic mass is 15.1. The van der Waals surface area contributed by atoms with Crippen LogP contribution >= 0.6 is 0 Å². The lowest BCUT2D eigenvalue weighted by molar-refractivity contribution is 0.398. The number of fused-ring (bicyclic) bond motifs is 3. The van der Waals surface area contributed by atoms with Crippen LogP contribution in [0.5, 0.6) is 0 Å². The maximum absolute atomic E-state index is 6.11. The Morgan fingerprint density at radius 1 is 1.50 bits per heavy atom. The summed E-state index contributed by atoms with van der Waals surface area (Å²) in [5.41, 5.74) is 8.99. The lowest BCUT2D eigenvalue weighted by Gasteiger charge is -2.26. The van der Waals surface area contributed by atoms with Gasteiger partial charge in [0.25, 0.3) is 0 Å². The van der Waals surface area contributed by atoms with E-state index in [1.165, 1.54) is 36.5 Å². The Bertz CT molecular complexity index is 408. The van der Waals surface area contributed by atoms with Crippen molar-refractivity contribution in [3.05, 3.63) is 17.2 Å². The largest absolute Gasteiger partial charge is 0.330 e. The Hall–Kier alpha value is -0.830. The smallest absolute Gasteiger partial charge is 0.112 e. The van der Waals surface area contributed by atoms with Gasteiger partial charge in [0.2, 0.25) is 0 Å². The normalized spacial score (nSPS) is 32.6. The zero-order valence-corrected chi connectivity index (χ0v) is 10.2. The van der Waals surface area contributed by atoms with Gasteiger partial charge >= 0.3 is 0 Å². The Balaban J connectivity index is 2.06. The molecule has 1 aromatic heterocycles. The molecule has 0 saturated carbocycles. The van der Waals surface area contributed by atoms with Crippen LogP contribution in [0.2, 0.25) is 0 Å². The van der Waals surface area contributed by atoms with E-state index in [1.807, 2.05) is 0 Å². The highest BCUT2D eigenvalue weighted by Gasteiger charge is 2.33. The molecule has 2 heterocycles. The SMILES string of the molecule is CCC1CCc2c1nc1n2CC(N)CC1C. The Labute approximate surface area is 97.0 Å². The minimum absolute atomic E-state index is 0.321. The molecule has 1 aromatic rings. The molecule has 3 atom stereocenters. The Kier molecular flexibility index (Phi) is 2.32. The number of nitrogens with zero attached hydrogens (tertiary/aromatic N) is 2. The molecular weight excluding hydrogens is 198 g/mol. The van der Waals surface area contributed by atoms with Crippen molar-refractivity contribution in [2.24, 2.45) is 5.73 Å². The van der Waals surface area contributed by atoms with E-state index < -0.39 is 0 Å². The first-order valence-corrected chi connectivity index (χ1v) is 6.55. The fraction of sp³-hybridized carbons (Fsp3) is 0.769. The molecule has 0 fully saturated rings. The topological polar surface area (TPSA) is 43.8 Å². The predicted octanol–water partition coefficient (Wildman–Crippen LogP) is 2.16. The van der Waals surface area contributed by atoms with Crippen LogP contribution in [0, 0.1) is 0 Å². The molecule has 3 rings (SSSR count). The van der Waals surface area contributed by atoms with Gasteiger partial charge in [0.15, 0.2) is 0 Å². The first-order valence-electron chi connectivity index (χ1n) is 6.55. The molecule has 2 aliphatic rings. The van der Waals surface area contributed by atoms with Gasteiger partial charge in [-0.2, -0.15) is 0 Å². The second kappa shape index (κ2) is 3.59. The third-order valence-corrected chi connectivity index (χ3v) is 4.26. The summed E-state index contributed by atoms with van der Waals surface area (Å²) < 4.78 is 2.42. The molecule has 3 heteroatoms. The maximum atomic E-state index is 6.11. The summed E-state index contributed by atoms with van der Waals surface area (Å²) in [4.78, 5) is 4.91. The van der Waals surface area contributed by atoms with E-state index >= 15 is 0 Å². The van der Waals surface area contributed by atoms with Crippen LogP contribution in [-0.4, -0.2) is 15.6 Å². The molecule has 3 unspecified atom stereocenters. The lowest BCUT2D eigenvalue weighted by atomic mass is 9.97. The van der Waals surface area contributed by atoms with E-state index in [4.69, 9.17) is 10.7 Å². The van der Waals surface area contributed by atoms with Gasteiger partial charge in [-0.05, 0) is 25.7 Å². The van der Waals surface area contributed by atoms with Crippen molar-refractivity contribution in [3.8, 4) is 0 Å². The van der Waals surface area contributed by atoms with Crippen molar-refractivity contribution in [2.75, 3.05) is 0 Å². The number of hydrogen-bond donors (Lipinski definition) is 1. The highest BCUT2D eigenvalue weighted by Crippen LogP contribution is 2.38. The maximum Gasteiger partial charge on any atom is 0.112 e. The minimum Gasteiger partial charge on any atom is -0.330 e. The quantitative estimate of drug-likeness (QED) is 0.786. The second-order valence-corrected chi connectivity index (χ2v) is 5.45. The highest BCUT2D eigenvalue weighted by molar-refractivity contribution is 5.29. The van der Waals surface area contributed by atoms with Crippen molar-refractivity contribution in [1.29, 1.82) is 0 Å². The summed E-state index contributed by atoms with van der Waals surface area (Å²) in [7, 11) is 0. The molecule has 0 aromatic carbocycles. The molecule has 0 radical (unpaired) electrons. The van der Waals surface area contributed by atoms with Gasteiger partial charge in [-0.15, -0.1) is 0 Å². The number of aromatic nitrogens is 2. The van der Waals surface area contributed by atoms with Crippen molar-refractivity contribution >= 4 is 0 Å². The number of hydrogen-bond acceptors (Lipinski definition) is 2. The molecule has 0 spiro atoms. The number of imidazole rings is 1. The lowest BCUT2D eigenvalue weighted by Crippen LogP contribution is -2.34. The van der Waals surface area contributed by atoms with Crippen LogP contribution in [0.1, 0.15) is 62.2 Å². The van der Waals surface area contributed by atoms with Crippen molar-refractivity contribution in [1.82, 2.24) is 9.55 Å². The average Bonchev–Trinajstić information content (AvgIpc) is 2.77. The zero-order valence-electron chi connectivity index (χ0n) is 10.2. The number of rotatable bonds is 1. The van der Waals surface area contributed by atoms with Crippen LogP contribution < -0.4 is 5.73 Å². The van der Waals surface area contributed by atoms with Gasteiger partial charge in [-0.3, -0.25) is 0 Å². The van der Waals surface area contributed by atoms with Crippen molar-refractivity contribution < 1.29 is 0 Å². The molecule has 0 amide bonds. The summed E-state index contributed by atoms with van der Waals surface area (Å²) in [6, 6.07) is 0.321. The number of nitrogens with two attached hydrogens (primary N) is 1. The summed E-state index contributed by atoms with van der Waals surface area (Å²) in [6.45, 7) is 5.51. The van der Waals surface area contributed by atoms with Gasteiger partial charge in [0, 0.05) is 30.1 Å². The molecule has 16 heavy (non-hydrogen) atoms. The third-order valence-electron chi connectivity index (χ3n) is 4.26. The molecule has 3 nitrogen and oxygen atoms in total. The molecule has 1 aliphatic carbocycles. The fourth-order valence-electron chi connectivity index (χ4n) is 3.41. The van der Waals surface area contributed by atoms with E-state index in [9.17, 15) is 0 Å². The van der Waals surface area contributed by atoms with Crippen LogP contribution in [0.25, 0.3) is 0 Å². The Morgan fingerprint density at radius 2 is 2.31 bits per heavy atom. The Morgan fingerprint density at radius 3 is 3.06 bits per heavy atom. The van der Waals surface area contributed by atoms with E-state index in [0.29, 0.717) is 17.9 Å². The minimum atomic E-state index is 0.321. The van der Waals surface area contributed by atoms with Crippen LogP contribution in [-0.2, 0) is 13.0 Å². The first-order chi connectivity index (χ1) is 7.70. The van der Waals surface area contributed by atoms with Crippen molar-refractivity contribution in [3.63, 3.8) is 0 Å².